The fraction of sp³-hybridized carbons (Fsp3) is 0.250. The Kier molecular flexibility index (Phi) is 3.95. The highest BCUT2D eigenvalue weighted by molar-refractivity contribution is 7.86. The summed E-state index contributed by atoms with van der Waals surface area (Å²) >= 11 is 0. The lowest BCUT2D eigenvalue weighted by Gasteiger charge is -2.07. The summed E-state index contributed by atoms with van der Waals surface area (Å²) in [5.41, 5.74) is 0. The fourth-order valence-corrected chi connectivity index (χ4v) is 2.52. The third kappa shape index (κ3) is 2.67. The van der Waals surface area contributed by atoms with Crippen LogP contribution in [0.3, 0.4) is 0 Å². The smallest absolute Gasteiger partial charge is 0.282 e. The Labute approximate surface area is 97.7 Å². The molecule has 0 aromatic heterocycles. The second-order valence-electron chi connectivity index (χ2n) is 2.92. The first kappa shape index (κ1) is 14.1. The van der Waals surface area contributed by atoms with E-state index in [4.69, 9.17) is 4.55 Å². The summed E-state index contributed by atoms with van der Waals surface area (Å²) in [6.45, 7) is 1.35. The average Bonchev–Trinajstić information content (AvgIpc) is 2.21. The molecular weight excluding hydrogens is 281 g/mol. The van der Waals surface area contributed by atoms with Crippen molar-refractivity contribution in [3.8, 4) is 0 Å². The van der Waals surface area contributed by atoms with Crippen LogP contribution in [0.2, 0.25) is 0 Å². The minimum Gasteiger partial charge on any atom is -0.282 e. The second-order valence-corrected chi connectivity index (χ2v) is 5.99. The number of rotatable bonds is 3. The molecule has 0 aliphatic rings. The fourth-order valence-electron chi connectivity index (χ4n) is 1.10. The monoisotopic (exact) mass is 288 g/mol. The first-order valence-electron chi connectivity index (χ1n) is 4.23. The standard InChI is InChI=1S/C8H7F3O4S2/c1-2-16(12)8-4(9)3-5(17(13,14)15)6(10)7(8)11/h3H,2H2,1H3,(H,13,14,15). The quantitative estimate of drug-likeness (QED) is 0.675. The number of hydrogen-bond acceptors (Lipinski definition) is 3. The molecule has 17 heavy (non-hydrogen) atoms. The van der Waals surface area contributed by atoms with Crippen molar-refractivity contribution in [2.24, 2.45) is 0 Å². The first-order chi connectivity index (χ1) is 7.70. The van der Waals surface area contributed by atoms with Crippen molar-refractivity contribution in [1.82, 2.24) is 0 Å². The Morgan fingerprint density at radius 1 is 1.29 bits per heavy atom. The van der Waals surface area contributed by atoms with Crippen LogP contribution in [0.25, 0.3) is 0 Å². The van der Waals surface area contributed by atoms with Crippen molar-refractivity contribution in [3.63, 3.8) is 0 Å². The lowest BCUT2D eigenvalue weighted by atomic mass is 10.3. The van der Waals surface area contributed by atoms with Gasteiger partial charge in [0, 0.05) is 5.75 Å². The molecule has 1 atom stereocenters. The zero-order chi connectivity index (χ0) is 13.4. The predicted molar refractivity (Wildman–Crippen MR) is 53.1 cm³/mol. The average molecular weight is 288 g/mol. The molecule has 1 unspecified atom stereocenters. The molecule has 0 spiro atoms. The highest BCUT2D eigenvalue weighted by Crippen LogP contribution is 2.25. The number of hydrogen-bond donors (Lipinski definition) is 1. The number of benzene rings is 1. The van der Waals surface area contributed by atoms with E-state index in [-0.39, 0.29) is 11.8 Å². The Balaban J connectivity index is 3.65. The summed E-state index contributed by atoms with van der Waals surface area (Å²) in [4.78, 5) is -2.57. The van der Waals surface area contributed by atoms with E-state index in [1.165, 1.54) is 6.92 Å². The van der Waals surface area contributed by atoms with E-state index in [1.54, 1.807) is 0 Å². The lowest BCUT2D eigenvalue weighted by Crippen LogP contribution is -2.10. The van der Waals surface area contributed by atoms with Crippen molar-refractivity contribution in [3.05, 3.63) is 23.5 Å². The molecule has 0 aliphatic heterocycles. The van der Waals surface area contributed by atoms with Crippen LogP contribution in [0, 0.1) is 17.5 Å². The molecule has 1 aromatic rings. The van der Waals surface area contributed by atoms with Crippen LogP contribution < -0.4 is 0 Å². The minimum absolute atomic E-state index is 0.0939. The molecule has 0 amide bonds. The predicted octanol–water partition coefficient (Wildman–Crippen LogP) is 1.48. The van der Waals surface area contributed by atoms with Crippen LogP contribution in [-0.4, -0.2) is 22.9 Å². The van der Waals surface area contributed by atoms with Crippen molar-refractivity contribution in [1.29, 1.82) is 0 Å². The first-order valence-corrected chi connectivity index (χ1v) is 6.99. The van der Waals surface area contributed by atoms with Gasteiger partial charge in [0.2, 0.25) is 0 Å². The van der Waals surface area contributed by atoms with Gasteiger partial charge in [0.05, 0.1) is 10.8 Å². The summed E-state index contributed by atoms with van der Waals surface area (Å²) in [7, 11) is -7.21. The van der Waals surface area contributed by atoms with Gasteiger partial charge in [0.15, 0.2) is 11.6 Å². The molecule has 96 valence electrons. The molecule has 1 rings (SSSR count). The maximum atomic E-state index is 13.3. The van der Waals surface area contributed by atoms with Crippen molar-refractivity contribution in [2.75, 3.05) is 5.75 Å². The molecule has 9 heteroatoms. The summed E-state index contributed by atoms with van der Waals surface area (Å²) in [6.07, 6.45) is 0. The van der Waals surface area contributed by atoms with Crippen LogP contribution in [0.5, 0.6) is 0 Å². The molecule has 0 fully saturated rings. The van der Waals surface area contributed by atoms with Crippen molar-refractivity contribution < 1.29 is 30.4 Å². The topological polar surface area (TPSA) is 71.4 Å². The maximum Gasteiger partial charge on any atom is 0.297 e. The zero-order valence-corrected chi connectivity index (χ0v) is 10.0. The third-order valence-corrected chi connectivity index (χ3v) is 4.06. The van der Waals surface area contributed by atoms with E-state index in [0.717, 1.165) is 0 Å². The van der Waals surface area contributed by atoms with Gasteiger partial charge >= 0.3 is 0 Å². The van der Waals surface area contributed by atoms with Gasteiger partial charge in [-0.3, -0.25) is 8.76 Å². The van der Waals surface area contributed by atoms with Crippen LogP contribution >= 0.6 is 0 Å². The van der Waals surface area contributed by atoms with Crippen LogP contribution in [0.1, 0.15) is 6.92 Å². The molecule has 0 saturated carbocycles. The Morgan fingerprint density at radius 3 is 2.24 bits per heavy atom. The molecule has 1 aromatic carbocycles. The SMILES string of the molecule is CCS(=O)c1c(F)cc(S(=O)(=O)O)c(F)c1F. The molecule has 0 aliphatic carbocycles. The van der Waals surface area contributed by atoms with Gasteiger partial charge in [-0.05, 0) is 6.07 Å². The van der Waals surface area contributed by atoms with E-state index in [0.29, 0.717) is 0 Å². The van der Waals surface area contributed by atoms with E-state index in [1.807, 2.05) is 0 Å². The highest BCUT2D eigenvalue weighted by Gasteiger charge is 2.27. The van der Waals surface area contributed by atoms with Gasteiger partial charge < -0.3 is 0 Å². The zero-order valence-electron chi connectivity index (χ0n) is 8.41. The van der Waals surface area contributed by atoms with Gasteiger partial charge in [0.1, 0.15) is 15.6 Å². The van der Waals surface area contributed by atoms with E-state index < -0.39 is 48.2 Å². The van der Waals surface area contributed by atoms with E-state index in [2.05, 4.69) is 0 Å². The normalized spacial score (nSPS) is 13.7. The molecule has 0 saturated heterocycles. The van der Waals surface area contributed by atoms with Crippen LogP contribution in [0.15, 0.2) is 15.9 Å². The molecule has 0 bridgehead atoms. The van der Waals surface area contributed by atoms with Crippen molar-refractivity contribution >= 4 is 20.9 Å². The van der Waals surface area contributed by atoms with Gasteiger partial charge in [-0.2, -0.15) is 8.42 Å². The Morgan fingerprint density at radius 2 is 1.82 bits per heavy atom. The Bertz CT molecular complexity index is 583. The van der Waals surface area contributed by atoms with E-state index >= 15 is 0 Å². The third-order valence-electron chi connectivity index (χ3n) is 1.85. The highest BCUT2D eigenvalue weighted by atomic mass is 32.2. The van der Waals surface area contributed by atoms with Crippen LogP contribution in [-0.2, 0) is 20.9 Å². The molecule has 4 nitrogen and oxygen atoms in total. The minimum atomic E-state index is -5.08. The van der Waals surface area contributed by atoms with E-state index in [9.17, 15) is 25.8 Å². The van der Waals surface area contributed by atoms with Gasteiger partial charge in [-0.25, -0.2) is 13.2 Å². The Hall–Kier alpha value is -0.930. The van der Waals surface area contributed by atoms with Gasteiger partial charge in [0.25, 0.3) is 10.1 Å². The molecular formula is C8H7F3O4S2. The summed E-state index contributed by atoms with van der Waals surface area (Å²) in [6, 6.07) is 0.0939. The number of halogens is 3. The largest absolute Gasteiger partial charge is 0.297 e. The molecule has 0 radical (unpaired) electrons. The van der Waals surface area contributed by atoms with Gasteiger partial charge in [-0.15, -0.1) is 0 Å². The lowest BCUT2D eigenvalue weighted by molar-refractivity contribution is 0.428. The summed E-state index contributed by atoms with van der Waals surface area (Å²) < 4.78 is 80.8. The van der Waals surface area contributed by atoms with Crippen LogP contribution in [0.4, 0.5) is 13.2 Å². The van der Waals surface area contributed by atoms with Gasteiger partial charge in [-0.1, -0.05) is 6.92 Å². The molecule has 1 N–H and O–H groups in total. The summed E-state index contributed by atoms with van der Waals surface area (Å²) in [5.74, 6) is -5.49. The maximum absolute atomic E-state index is 13.3. The molecule has 0 heterocycles. The van der Waals surface area contributed by atoms with Crippen molar-refractivity contribution in [2.45, 2.75) is 16.7 Å². The second kappa shape index (κ2) is 4.75. The summed E-state index contributed by atoms with van der Waals surface area (Å²) in [5, 5.41) is 0.